The Morgan fingerprint density at radius 1 is 1.15 bits per heavy atom. The molecule has 0 unspecified atom stereocenters. The number of primary sulfonamides is 1. The van der Waals surface area contributed by atoms with Crippen LogP contribution in [-0.4, -0.2) is 57.2 Å². The van der Waals surface area contributed by atoms with E-state index in [0.717, 1.165) is 24.8 Å². The van der Waals surface area contributed by atoms with Crippen LogP contribution in [0.3, 0.4) is 0 Å². The van der Waals surface area contributed by atoms with E-state index in [9.17, 15) is 21.6 Å². The van der Waals surface area contributed by atoms with Crippen molar-refractivity contribution in [2.45, 2.75) is 9.79 Å². The van der Waals surface area contributed by atoms with Crippen molar-refractivity contribution in [3.8, 4) is 11.4 Å². The summed E-state index contributed by atoms with van der Waals surface area (Å²) in [6, 6.07) is 2.12. The lowest BCUT2D eigenvalue weighted by atomic mass is 10.1. The molecule has 0 fully saturated rings. The molecule has 13 heteroatoms. The number of amides is 1. The van der Waals surface area contributed by atoms with Crippen molar-refractivity contribution in [1.29, 1.82) is 0 Å². The van der Waals surface area contributed by atoms with Crippen molar-refractivity contribution in [1.82, 2.24) is 15.0 Å². The van der Waals surface area contributed by atoms with Gasteiger partial charge in [-0.05, 0) is 12.1 Å². The normalized spacial score (nSPS) is 12.1. The van der Waals surface area contributed by atoms with Gasteiger partial charge in [-0.2, -0.15) is 0 Å². The number of benzene rings is 1. The molecule has 1 aromatic heterocycles. The molecule has 2 aromatic rings. The Balaban J connectivity index is 2.95. The minimum Gasteiger partial charge on any atom is -0.384 e. The Labute approximate surface area is 149 Å². The number of aromatic nitrogens is 3. The zero-order valence-electron chi connectivity index (χ0n) is 13.5. The lowest BCUT2D eigenvalue weighted by Gasteiger charge is -2.15. The molecule has 0 aliphatic heterocycles. The molecule has 1 heterocycles. The predicted octanol–water partition coefficient (Wildman–Crippen LogP) is -1.29. The highest BCUT2D eigenvalue weighted by Crippen LogP contribution is 2.32. The number of ether oxygens (including phenoxy) is 1. The van der Waals surface area contributed by atoms with Gasteiger partial charge in [0.25, 0.3) is 5.91 Å². The van der Waals surface area contributed by atoms with Crippen molar-refractivity contribution >= 4 is 25.8 Å². The first-order chi connectivity index (χ1) is 12.1. The first kappa shape index (κ1) is 19.8. The van der Waals surface area contributed by atoms with E-state index in [4.69, 9.17) is 15.6 Å². The molecule has 1 aromatic carbocycles. The van der Waals surface area contributed by atoms with Gasteiger partial charge in [0.05, 0.1) is 17.9 Å². The van der Waals surface area contributed by atoms with E-state index in [1.54, 1.807) is 0 Å². The summed E-state index contributed by atoms with van der Waals surface area (Å²) in [5.41, 5.74) is 4.71. The monoisotopic (exact) mass is 401 g/mol. The largest absolute Gasteiger partial charge is 0.384 e. The first-order valence-corrected chi connectivity index (χ1v) is 10.1. The van der Waals surface area contributed by atoms with Crippen molar-refractivity contribution in [3.05, 3.63) is 30.4 Å². The third-order valence-electron chi connectivity index (χ3n) is 3.28. The van der Waals surface area contributed by atoms with Crippen LogP contribution in [0.2, 0.25) is 0 Å². The predicted molar refractivity (Wildman–Crippen MR) is 89.1 cm³/mol. The van der Waals surface area contributed by atoms with Crippen molar-refractivity contribution < 1.29 is 26.4 Å². The minimum absolute atomic E-state index is 0.0574. The Bertz CT molecular complexity index is 1040. The summed E-state index contributed by atoms with van der Waals surface area (Å²) >= 11 is 0. The summed E-state index contributed by atoms with van der Waals surface area (Å²) in [6.07, 6.45) is 2.25. The fourth-order valence-electron chi connectivity index (χ4n) is 2.20. The summed E-state index contributed by atoms with van der Waals surface area (Å²) in [7, 11) is -7.51. The molecule has 1 amide bonds. The van der Waals surface area contributed by atoms with Crippen LogP contribution in [-0.2, 0) is 24.6 Å². The van der Waals surface area contributed by atoms with Crippen LogP contribution in [0.1, 0.15) is 10.4 Å². The number of nitrogens with two attached hydrogens (primary N) is 2. The lowest BCUT2D eigenvalue weighted by Crippen LogP contribution is -2.25. The quantitative estimate of drug-likeness (QED) is 0.569. The van der Waals surface area contributed by atoms with Crippen LogP contribution >= 0.6 is 0 Å². The van der Waals surface area contributed by atoms with Crippen LogP contribution in [0.15, 0.2) is 34.6 Å². The van der Waals surface area contributed by atoms with Crippen molar-refractivity contribution in [2.24, 2.45) is 10.9 Å². The highest BCUT2D eigenvalue weighted by atomic mass is 32.2. The van der Waals surface area contributed by atoms with Gasteiger partial charge in [0.15, 0.2) is 15.7 Å². The van der Waals surface area contributed by atoms with Gasteiger partial charge in [0.1, 0.15) is 22.4 Å². The minimum atomic E-state index is -4.48. The van der Waals surface area contributed by atoms with Gasteiger partial charge < -0.3 is 10.5 Å². The maximum Gasteiger partial charge on any atom is 0.250 e. The Hall–Kier alpha value is -2.48. The van der Waals surface area contributed by atoms with E-state index in [0.29, 0.717) is 0 Å². The maximum atomic E-state index is 12.7. The van der Waals surface area contributed by atoms with E-state index >= 15 is 0 Å². The number of sulfone groups is 1. The van der Waals surface area contributed by atoms with Gasteiger partial charge in [0.2, 0.25) is 10.0 Å². The fourth-order valence-corrected chi connectivity index (χ4v) is 5.03. The number of hydrogen-bond acceptors (Lipinski definition) is 9. The smallest absolute Gasteiger partial charge is 0.250 e. The number of carbonyl (C=O) groups is 1. The number of hydrogen-bond donors (Lipinski definition) is 2. The fraction of sp³-hybridized carbons (Fsp3) is 0.231. The highest BCUT2D eigenvalue weighted by molar-refractivity contribution is 7.93. The molecular weight excluding hydrogens is 386 g/mol. The van der Waals surface area contributed by atoms with Gasteiger partial charge >= 0.3 is 0 Å². The van der Waals surface area contributed by atoms with E-state index in [1.165, 1.54) is 7.11 Å². The number of nitrogens with zero attached hydrogens (tertiary/aromatic N) is 3. The van der Waals surface area contributed by atoms with Gasteiger partial charge in [-0.1, -0.05) is 0 Å². The molecule has 0 spiro atoms. The van der Waals surface area contributed by atoms with Crippen LogP contribution in [0.4, 0.5) is 0 Å². The number of sulfonamides is 1. The summed E-state index contributed by atoms with van der Waals surface area (Å²) in [5, 5.41) is 5.12. The number of methoxy groups -OCH3 is 1. The van der Waals surface area contributed by atoms with E-state index in [2.05, 4.69) is 15.0 Å². The highest BCUT2D eigenvalue weighted by Gasteiger charge is 2.32. The third kappa shape index (κ3) is 4.01. The maximum absolute atomic E-state index is 12.7. The number of carbonyl (C=O) groups excluding carboxylic acids is 1. The molecule has 0 aliphatic carbocycles. The topological polar surface area (TPSA) is 185 Å². The molecule has 0 bridgehead atoms. The molecule has 140 valence electrons. The summed E-state index contributed by atoms with van der Waals surface area (Å²) in [6.45, 7) is -0.236. The summed E-state index contributed by atoms with van der Waals surface area (Å²) < 4.78 is 53.9. The van der Waals surface area contributed by atoms with Crippen molar-refractivity contribution in [2.75, 3.05) is 19.5 Å². The number of primary amides is 1. The van der Waals surface area contributed by atoms with Crippen LogP contribution in [0.25, 0.3) is 11.4 Å². The van der Waals surface area contributed by atoms with Crippen molar-refractivity contribution in [3.63, 3.8) is 0 Å². The molecule has 11 nitrogen and oxygen atoms in total. The lowest BCUT2D eigenvalue weighted by molar-refractivity contribution is 0.0997. The molecule has 0 saturated carbocycles. The zero-order chi connectivity index (χ0) is 19.5. The van der Waals surface area contributed by atoms with Gasteiger partial charge in [-0.25, -0.2) is 36.9 Å². The van der Waals surface area contributed by atoms with E-state index < -0.39 is 46.9 Å². The van der Waals surface area contributed by atoms with E-state index in [-0.39, 0.29) is 18.0 Å². The molecule has 0 atom stereocenters. The van der Waals surface area contributed by atoms with E-state index in [1.807, 2.05) is 0 Å². The van der Waals surface area contributed by atoms with Crippen LogP contribution in [0, 0.1) is 0 Å². The second kappa shape index (κ2) is 7.41. The Kier molecular flexibility index (Phi) is 5.65. The molecule has 0 radical (unpaired) electrons. The number of rotatable bonds is 7. The molecule has 4 N–H and O–H groups in total. The van der Waals surface area contributed by atoms with Gasteiger partial charge in [-0.3, -0.25) is 4.79 Å². The second-order valence-electron chi connectivity index (χ2n) is 5.00. The first-order valence-electron chi connectivity index (χ1n) is 6.93. The molecule has 0 saturated heterocycles. The Morgan fingerprint density at radius 3 is 2.27 bits per heavy atom. The van der Waals surface area contributed by atoms with Crippen LogP contribution in [0.5, 0.6) is 0 Å². The van der Waals surface area contributed by atoms with Gasteiger partial charge in [0, 0.05) is 12.7 Å². The molecular formula is C13H15N5O6S2. The SMILES string of the molecule is COCCS(=O)(=O)c1c(S(N)(=O)=O)ccc(-c2ncncn2)c1C(N)=O. The van der Waals surface area contributed by atoms with Crippen LogP contribution < -0.4 is 10.9 Å². The molecule has 0 aliphatic rings. The average molecular weight is 401 g/mol. The summed E-state index contributed by atoms with van der Waals surface area (Å²) in [4.78, 5) is 21.8. The Morgan fingerprint density at radius 2 is 1.77 bits per heavy atom. The standard InChI is InChI=1S/C13H15N5O6S2/c1-24-4-5-25(20,21)11-9(26(15,22)23)3-2-8(10(11)12(14)19)13-17-6-16-7-18-13/h2-3,6-7H,4-5H2,1H3,(H2,14,19)(H2,15,22,23). The average Bonchev–Trinajstić information content (AvgIpc) is 2.58. The molecule has 2 rings (SSSR count). The third-order valence-corrected chi connectivity index (χ3v) is 6.11. The zero-order valence-corrected chi connectivity index (χ0v) is 15.1. The summed E-state index contributed by atoms with van der Waals surface area (Å²) in [5.74, 6) is -1.83. The molecule has 26 heavy (non-hydrogen) atoms. The second-order valence-corrected chi connectivity index (χ2v) is 8.57. The van der Waals surface area contributed by atoms with Gasteiger partial charge in [-0.15, -0.1) is 0 Å².